The molecule has 0 fully saturated rings. The van der Waals surface area contributed by atoms with E-state index in [2.05, 4.69) is 61.6 Å². The number of nitrogens with one attached hydrogen (secondary N) is 3. The lowest BCUT2D eigenvalue weighted by atomic mass is 10.0. The zero-order valence-corrected chi connectivity index (χ0v) is 32.2. The second kappa shape index (κ2) is 18.0. The van der Waals surface area contributed by atoms with Crippen LogP contribution in [0.15, 0.2) is 66.7 Å². The molecule has 0 unspecified atom stereocenters. The quantitative estimate of drug-likeness (QED) is 0.0810. The van der Waals surface area contributed by atoms with E-state index in [0.29, 0.717) is 40.6 Å². The number of nitrogens with two attached hydrogens (primary N) is 1. The molecule has 2 aromatic heterocycles. The highest BCUT2D eigenvalue weighted by Gasteiger charge is 2.23. The van der Waals surface area contributed by atoms with Gasteiger partial charge in [-0.15, -0.1) is 0 Å². The van der Waals surface area contributed by atoms with Crippen LogP contribution in [0.5, 0.6) is 0 Å². The molecule has 3 aromatic carbocycles. The number of hydrogen-bond acceptors (Lipinski definition) is 9. The third-order valence-corrected chi connectivity index (χ3v) is 9.20. The second-order valence-corrected chi connectivity index (χ2v) is 14.4. The fourth-order valence-electron chi connectivity index (χ4n) is 6.04. The number of anilines is 2. The molecular weight excluding hydrogens is 701 g/mol. The van der Waals surface area contributed by atoms with Crippen molar-refractivity contribution in [2.24, 2.45) is 11.7 Å². The predicted molar refractivity (Wildman–Crippen MR) is 213 cm³/mol. The van der Waals surface area contributed by atoms with E-state index >= 15 is 0 Å². The molecule has 0 saturated carbocycles. The van der Waals surface area contributed by atoms with Gasteiger partial charge in [0.15, 0.2) is 5.82 Å². The first-order chi connectivity index (χ1) is 26.2. The lowest BCUT2D eigenvalue weighted by molar-refractivity contribution is -0.127. The topological polar surface area (TPSA) is 194 Å². The zero-order valence-electron chi connectivity index (χ0n) is 32.2. The molecule has 5 aromatic rings. The van der Waals surface area contributed by atoms with Crippen molar-refractivity contribution in [3.63, 3.8) is 0 Å². The molecule has 2 atom stereocenters. The molecule has 0 bridgehead atoms. The van der Waals surface area contributed by atoms with Gasteiger partial charge in [0.2, 0.25) is 11.8 Å². The number of hydrogen-bond donors (Lipinski definition) is 5. The Bertz CT molecular complexity index is 2160. The smallest absolute Gasteiger partial charge is 0.413 e. The SMILES string of the molecule is CCCCc1nc2c(NC(=O)OCc3ccc(NC(=O)[C@H](C)NC(=O)[C@@H](N)C(C)C)cc3)nc3cc(C(=O)O)ccc3c2n1Cc1ccc(CN(C)C)cc1. The van der Waals surface area contributed by atoms with E-state index in [1.165, 1.54) is 11.6 Å². The highest BCUT2D eigenvalue weighted by atomic mass is 16.5. The highest BCUT2D eigenvalue weighted by Crippen LogP contribution is 2.32. The molecule has 2 heterocycles. The molecule has 0 aliphatic heterocycles. The van der Waals surface area contributed by atoms with Crippen molar-refractivity contribution in [3.8, 4) is 0 Å². The lowest BCUT2D eigenvalue weighted by Crippen LogP contribution is -2.50. The number of carboxylic acid groups (broad SMARTS) is 1. The Hall–Kier alpha value is -5.86. The van der Waals surface area contributed by atoms with Crippen molar-refractivity contribution < 1.29 is 29.0 Å². The summed E-state index contributed by atoms with van der Waals surface area (Å²) in [5.74, 6) is -0.994. The summed E-state index contributed by atoms with van der Waals surface area (Å²) < 4.78 is 7.69. The monoisotopic (exact) mass is 750 g/mol. The number of unbranched alkanes of at least 4 members (excludes halogenated alkanes) is 1. The molecular formula is C41H50N8O6. The van der Waals surface area contributed by atoms with Gasteiger partial charge in [0.25, 0.3) is 0 Å². The predicted octanol–water partition coefficient (Wildman–Crippen LogP) is 5.91. The molecule has 290 valence electrons. The maximum Gasteiger partial charge on any atom is 0.413 e. The van der Waals surface area contributed by atoms with Gasteiger partial charge in [-0.2, -0.15) is 0 Å². The number of aromatic nitrogens is 3. The third-order valence-electron chi connectivity index (χ3n) is 9.20. The summed E-state index contributed by atoms with van der Waals surface area (Å²) >= 11 is 0. The van der Waals surface area contributed by atoms with Crippen molar-refractivity contribution in [2.75, 3.05) is 24.7 Å². The normalized spacial score (nSPS) is 12.5. The van der Waals surface area contributed by atoms with Crippen LogP contribution in [0.4, 0.5) is 16.3 Å². The van der Waals surface area contributed by atoms with E-state index in [9.17, 15) is 24.3 Å². The Morgan fingerprint density at radius 3 is 2.20 bits per heavy atom. The summed E-state index contributed by atoms with van der Waals surface area (Å²) in [6.45, 7) is 8.59. The van der Waals surface area contributed by atoms with Gasteiger partial charge < -0.3 is 35.7 Å². The van der Waals surface area contributed by atoms with Crippen LogP contribution >= 0.6 is 0 Å². The number of amides is 3. The Labute approximate surface area is 320 Å². The highest BCUT2D eigenvalue weighted by molar-refractivity contribution is 6.10. The minimum Gasteiger partial charge on any atom is -0.478 e. The van der Waals surface area contributed by atoms with Crippen LogP contribution in [0.25, 0.3) is 21.9 Å². The number of ether oxygens (including phenoxy) is 1. The number of pyridine rings is 1. The van der Waals surface area contributed by atoms with Gasteiger partial charge in [0, 0.05) is 30.6 Å². The van der Waals surface area contributed by atoms with Crippen LogP contribution in [0, 0.1) is 5.92 Å². The van der Waals surface area contributed by atoms with Gasteiger partial charge in [-0.05, 0) is 80.4 Å². The Morgan fingerprint density at radius 2 is 1.56 bits per heavy atom. The van der Waals surface area contributed by atoms with Crippen molar-refractivity contribution in [1.29, 1.82) is 0 Å². The summed E-state index contributed by atoms with van der Waals surface area (Å²) in [7, 11) is 4.06. The van der Waals surface area contributed by atoms with Crippen molar-refractivity contribution in [3.05, 3.63) is 94.8 Å². The summed E-state index contributed by atoms with van der Waals surface area (Å²) in [5.41, 5.74) is 11.0. The number of rotatable bonds is 16. The van der Waals surface area contributed by atoms with Crippen LogP contribution in [0.3, 0.4) is 0 Å². The summed E-state index contributed by atoms with van der Waals surface area (Å²) in [4.78, 5) is 61.9. The Morgan fingerprint density at radius 1 is 0.891 bits per heavy atom. The van der Waals surface area contributed by atoms with E-state index in [1.54, 1.807) is 43.3 Å². The first kappa shape index (κ1) is 40.3. The minimum atomic E-state index is -1.09. The molecule has 0 aliphatic rings. The average molecular weight is 751 g/mol. The standard InChI is InChI=1S/C41H50N8O6/c1-7-8-9-33-46-35-36(49(33)22-27-12-10-26(11-13-27)21-48(5)6)31-19-16-29(40(52)53)20-32(31)45-37(35)47-41(54)55-23-28-14-17-30(18-15-28)44-38(50)25(4)43-39(51)34(42)24(2)3/h10-20,24-25,34H,7-9,21-23,42H2,1-6H3,(H,43,51)(H,44,50)(H,52,53)(H,45,47,54)/t25-,34-/m0/s1. The molecule has 6 N–H and O–H groups in total. The minimum absolute atomic E-state index is 0.0656. The number of carbonyl (C=O) groups is 4. The van der Waals surface area contributed by atoms with Crippen LogP contribution in [-0.2, 0) is 40.4 Å². The number of carboxylic acids is 1. The van der Waals surface area contributed by atoms with Gasteiger partial charge in [-0.1, -0.05) is 63.6 Å². The molecule has 3 amide bonds. The number of benzene rings is 3. The van der Waals surface area contributed by atoms with Crippen LogP contribution in [0.1, 0.15) is 73.4 Å². The molecule has 14 heteroatoms. The summed E-state index contributed by atoms with van der Waals surface area (Å²) in [6, 6.07) is 18.4. The van der Waals surface area contributed by atoms with E-state index in [1.807, 2.05) is 27.9 Å². The van der Waals surface area contributed by atoms with Crippen molar-refractivity contribution in [1.82, 2.24) is 24.8 Å². The van der Waals surface area contributed by atoms with Gasteiger partial charge in [-0.25, -0.2) is 19.6 Å². The fraction of sp³-hybridized carbons (Fsp3) is 0.366. The van der Waals surface area contributed by atoms with Crippen LogP contribution in [0.2, 0.25) is 0 Å². The number of carbonyl (C=O) groups excluding carboxylic acids is 3. The number of imidazole rings is 1. The van der Waals surface area contributed by atoms with Gasteiger partial charge in [0.1, 0.15) is 24.0 Å². The third kappa shape index (κ3) is 10.2. The first-order valence-corrected chi connectivity index (χ1v) is 18.4. The number of fused-ring (bicyclic) bond motifs is 3. The van der Waals surface area contributed by atoms with Crippen molar-refractivity contribution in [2.45, 2.75) is 78.7 Å². The Kier molecular flexibility index (Phi) is 13.2. The maximum atomic E-state index is 13.3. The molecule has 14 nitrogen and oxygen atoms in total. The number of nitrogens with zero attached hydrogens (tertiary/aromatic N) is 4. The molecule has 5 rings (SSSR count). The van der Waals surface area contributed by atoms with Gasteiger partial charge in [-0.3, -0.25) is 14.9 Å². The average Bonchev–Trinajstić information content (AvgIpc) is 3.51. The fourth-order valence-corrected chi connectivity index (χ4v) is 6.04. The molecule has 0 radical (unpaired) electrons. The largest absolute Gasteiger partial charge is 0.478 e. The van der Waals surface area contributed by atoms with E-state index in [4.69, 9.17) is 15.5 Å². The zero-order chi connectivity index (χ0) is 39.8. The van der Waals surface area contributed by atoms with Crippen molar-refractivity contribution >= 4 is 57.3 Å². The van der Waals surface area contributed by atoms with Crippen LogP contribution in [-0.4, -0.2) is 74.6 Å². The van der Waals surface area contributed by atoms with Crippen LogP contribution < -0.4 is 21.7 Å². The second-order valence-electron chi connectivity index (χ2n) is 14.4. The maximum absolute atomic E-state index is 13.3. The molecule has 55 heavy (non-hydrogen) atoms. The first-order valence-electron chi connectivity index (χ1n) is 18.4. The van der Waals surface area contributed by atoms with Gasteiger partial charge in [0.05, 0.1) is 22.6 Å². The lowest BCUT2D eigenvalue weighted by Gasteiger charge is -2.19. The number of aryl methyl sites for hydroxylation is 1. The molecule has 0 saturated heterocycles. The molecule has 0 spiro atoms. The van der Waals surface area contributed by atoms with Gasteiger partial charge >= 0.3 is 12.1 Å². The summed E-state index contributed by atoms with van der Waals surface area (Å²) in [5, 5.41) is 18.6. The Balaban J connectivity index is 1.36. The summed E-state index contributed by atoms with van der Waals surface area (Å²) in [6.07, 6.45) is 1.78. The van der Waals surface area contributed by atoms with E-state index in [0.717, 1.165) is 36.3 Å². The number of aromatic carboxylic acids is 1. The van der Waals surface area contributed by atoms with E-state index in [-0.39, 0.29) is 23.9 Å². The van der Waals surface area contributed by atoms with E-state index < -0.39 is 36.0 Å². The molecule has 0 aliphatic carbocycles.